The van der Waals surface area contributed by atoms with Gasteiger partial charge in [0.1, 0.15) is 0 Å². The molecule has 2 N–H and O–H groups in total. The van der Waals surface area contributed by atoms with Crippen molar-refractivity contribution >= 4 is 0 Å². The highest BCUT2D eigenvalue weighted by Crippen LogP contribution is 2.39. The van der Waals surface area contributed by atoms with Crippen LogP contribution in [0.15, 0.2) is 0 Å². The molecule has 1 saturated carbocycles. The van der Waals surface area contributed by atoms with Crippen LogP contribution in [0, 0.1) is 5.92 Å². The summed E-state index contributed by atoms with van der Waals surface area (Å²) in [7, 11) is 3.53. The van der Waals surface area contributed by atoms with Crippen molar-refractivity contribution < 1.29 is 19.3 Å². The molecule has 0 bridgehead atoms. The predicted molar refractivity (Wildman–Crippen MR) is 65.1 cm³/mol. The first kappa shape index (κ1) is 14.9. The number of rotatable bonds is 11. The molecule has 0 radical (unpaired) electrons. The zero-order valence-corrected chi connectivity index (χ0v) is 10.9. The van der Waals surface area contributed by atoms with Crippen molar-refractivity contribution in [2.75, 3.05) is 53.8 Å². The Bertz CT molecular complexity index is 193. The smallest absolute Gasteiger partial charge is 0.0701 e. The van der Waals surface area contributed by atoms with Gasteiger partial charge in [-0.25, -0.2) is 0 Å². The third-order valence-electron chi connectivity index (χ3n) is 3.30. The molecule has 0 spiro atoms. The van der Waals surface area contributed by atoms with Crippen molar-refractivity contribution in [2.24, 2.45) is 5.92 Å². The lowest BCUT2D eigenvalue weighted by Crippen LogP contribution is -2.52. The van der Waals surface area contributed by atoms with Gasteiger partial charge < -0.3 is 24.6 Å². The molecule has 1 aliphatic carbocycles. The van der Waals surface area contributed by atoms with Crippen LogP contribution in [0.1, 0.15) is 12.8 Å². The van der Waals surface area contributed by atoms with Crippen LogP contribution in [-0.2, 0) is 14.2 Å². The van der Waals surface area contributed by atoms with Gasteiger partial charge >= 0.3 is 0 Å². The largest absolute Gasteiger partial charge is 0.394 e. The Morgan fingerprint density at radius 3 is 2.35 bits per heavy atom. The van der Waals surface area contributed by atoms with E-state index in [4.69, 9.17) is 14.2 Å². The second-order valence-electron chi connectivity index (χ2n) is 4.50. The maximum atomic E-state index is 9.47. The fourth-order valence-electron chi connectivity index (χ4n) is 1.90. The molecular weight excluding hydrogens is 222 g/mol. The summed E-state index contributed by atoms with van der Waals surface area (Å²) in [5, 5.41) is 12.7. The van der Waals surface area contributed by atoms with Crippen molar-refractivity contribution in [1.82, 2.24) is 5.32 Å². The summed E-state index contributed by atoms with van der Waals surface area (Å²) in [5.74, 6) is 0.548. The summed E-state index contributed by atoms with van der Waals surface area (Å²) >= 11 is 0. The number of likely N-dealkylation sites (N-methyl/N-ethyl adjacent to an activating group) is 1. The molecule has 0 heterocycles. The van der Waals surface area contributed by atoms with Gasteiger partial charge in [-0.05, 0) is 25.8 Å². The van der Waals surface area contributed by atoms with Gasteiger partial charge in [-0.1, -0.05) is 0 Å². The fraction of sp³-hybridized carbons (Fsp3) is 1.00. The Morgan fingerprint density at radius 1 is 1.18 bits per heavy atom. The summed E-state index contributed by atoms with van der Waals surface area (Å²) in [4.78, 5) is 0. The average molecular weight is 247 g/mol. The molecule has 1 rings (SSSR count). The molecule has 5 heteroatoms. The van der Waals surface area contributed by atoms with Crippen molar-refractivity contribution in [1.29, 1.82) is 0 Å². The quantitative estimate of drug-likeness (QED) is 0.504. The monoisotopic (exact) mass is 247 g/mol. The van der Waals surface area contributed by atoms with E-state index in [9.17, 15) is 5.11 Å². The topological polar surface area (TPSA) is 60.0 Å². The Kier molecular flexibility index (Phi) is 6.99. The Balaban J connectivity index is 2.07. The standard InChI is InChI=1S/C12H25NO4/c1-13-12(9-14,11-3-4-11)10-17-8-7-16-6-5-15-2/h11,13-14H,3-10H2,1-2H3. The van der Waals surface area contributed by atoms with Crippen LogP contribution in [0.25, 0.3) is 0 Å². The van der Waals surface area contributed by atoms with Gasteiger partial charge in [-0.15, -0.1) is 0 Å². The highest BCUT2D eigenvalue weighted by atomic mass is 16.5. The second-order valence-corrected chi connectivity index (χ2v) is 4.50. The highest BCUT2D eigenvalue weighted by Gasteiger charge is 2.43. The van der Waals surface area contributed by atoms with Gasteiger partial charge in [0.25, 0.3) is 0 Å². The molecule has 102 valence electrons. The summed E-state index contributed by atoms with van der Waals surface area (Å²) in [6.45, 7) is 2.99. The summed E-state index contributed by atoms with van der Waals surface area (Å²) in [6.07, 6.45) is 2.35. The minimum absolute atomic E-state index is 0.124. The summed E-state index contributed by atoms with van der Waals surface area (Å²) in [5.41, 5.74) is -0.257. The molecular formula is C12H25NO4. The van der Waals surface area contributed by atoms with Crippen molar-refractivity contribution in [3.05, 3.63) is 0 Å². The SMILES string of the molecule is CNC(CO)(COCCOCCOC)C1CC1. The van der Waals surface area contributed by atoms with Gasteiger partial charge in [0.15, 0.2) is 0 Å². The lowest BCUT2D eigenvalue weighted by atomic mass is 9.96. The molecule has 0 aromatic heterocycles. The average Bonchev–Trinajstić information content (AvgIpc) is 3.18. The molecule has 0 aliphatic heterocycles. The molecule has 1 atom stereocenters. The Labute approximate surface area is 103 Å². The van der Waals surface area contributed by atoms with E-state index < -0.39 is 0 Å². The van der Waals surface area contributed by atoms with E-state index in [1.165, 1.54) is 12.8 Å². The minimum Gasteiger partial charge on any atom is -0.394 e. The van der Waals surface area contributed by atoms with E-state index in [1.807, 2.05) is 7.05 Å². The van der Waals surface area contributed by atoms with E-state index in [-0.39, 0.29) is 12.1 Å². The molecule has 0 amide bonds. The molecule has 0 saturated heterocycles. The van der Waals surface area contributed by atoms with Gasteiger partial charge in [-0.3, -0.25) is 0 Å². The Hall–Kier alpha value is -0.200. The van der Waals surface area contributed by atoms with Crippen LogP contribution in [0.3, 0.4) is 0 Å². The number of hydrogen-bond donors (Lipinski definition) is 2. The summed E-state index contributed by atoms with van der Waals surface area (Å²) in [6, 6.07) is 0. The van der Waals surface area contributed by atoms with Gasteiger partial charge in [0, 0.05) is 7.11 Å². The van der Waals surface area contributed by atoms with Crippen molar-refractivity contribution in [3.63, 3.8) is 0 Å². The van der Waals surface area contributed by atoms with Crippen molar-refractivity contribution in [3.8, 4) is 0 Å². The first-order chi connectivity index (χ1) is 8.29. The molecule has 1 fully saturated rings. The number of methoxy groups -OCH3 is 1. The number of ether oxygens (including phenoxy) is 3. The number of nitrogens with one attached hydrogen (secondary N) is 1. The molecule has 1 aliphatic rings. The maximum Gasteiger partial charge on any atom is 0.0701 e. The lowest BCUT2D eigenvalue weighted by Gasteiger charge is -2.31. The number of aliphatic hydroxyl groups is 1. The van der Waals surface area contributed by atoms with E-state index in [0.29, 0.717) is 39.0 Å². The predicted octanol–water partition coefficient (Wildman–Crippen LogP) is 0.0265. The third-order valence-corrected chi connectivity index (χ3v) is 3.30. The van der Waals surface area contributed by atoms with E-state index in [2.05, 4.69) is 5.32 Å². The molecule has 1 unspecified atom stereocenters. The van der Waals surface area contributed by atoms with Gasteiger partial charge in [-0.2, -0.15) is 0 Å². The van der Waals surface area contributed by atoms with E-state index in [0.717, 1.165) is 0 Å². The van der Waals surface area contributed by atoms with Gasteiger partial charge in [0.2, 0.25) is 0 Å². The van der Waals surface area contributed by atoms with Crippen LogP contribution in [0.2, 0.25) is 0 Å². The molecule has 0 aromatic rings. The maximum absolute atomic E-state index is 9.47. The second kappa shape index (κ2) is 8.00. The van der Waals surface area contributed by atoms with Crippen molar-refractivity contribution in [2.45, 2.75) is 18.4 Å². The van der Waals surface area contributed by atoms with Crippen LogP contribution < -0.4 is 5.32 Å². The van der Waals surface area contributed by atoms with E-state index in [1.54, 1.807) is 7.11 Å². The molecule has 17 heavy (non-hydrogen) atoms. The van der Waals surface area contributed by atoms with Crippen LogP contribution >= 0.6 is 0 Å². The lowest BCUT2D eigenvalue weighted by molar-refractivity contribution is -0.00977. The van der Waals surface area contributed by atoms with Crippen LogP contribution in [0.4, 0.5) is 0 Å². The van der Waals surface area contributed by atoms with Crippen LogP contribution in [-0.4, -0.2) is 64.4 Å². The Morgan fingerprint density at radius 2 is 1.82 bits per heavy atom. The first-order valence-electron chi connectivity index (χ1n) is 6.23. The number of aliphatic hydroxyl groups excluding tert-OH is 1. The van der Waals surface area contributed by atoms with Gasteiger partial charge in [0.05, 0.1) is 45.2 Å². The van der Waals surface area contributed by atoms with Crippen LogP contribution in [0.5, 0.6) is 0 Å². The normalized spacial score (nSPS) is 19.2. The number of hydrogen-bond acceptors (Lipinski definition) is 5. The summed E-state index contributed by atoms with van der Waals surface area (Å²) < 4.78 is 15.7. The fourth-order valence-corrected chi connectivity index (χ4v) is 1.90. The molecule has 0 aromatic carbocycles. The minimum atomic E-state index is -0.257. The molecule has 5 nitrogen and oxygen atoms in total. The van der Waals surface area contributed by atoms with E-state index >= 15 is 0 Å². The highest BCUT2D eigenvalue weighted by molar-refractivity contribution is 5.00. The zero-order valence-electron chi connectivity index (χ0n) is 10.9. The zero-order chi connectivity index (χ0) is 12.6. The third kappa shape index (κ3) is 4.89. The first-order valence-corrected chi connectivity index (χ1v) is 6.23.